The Morgan fingerprint density at radius 2 is 1.92 bits per heavy atom. The molecule has 0 bridgehead atoms. The van der Waals surface area contributed by atoms with Crippen LogP contribution < -0.4 is 10.2 Å². The second-order valence-electron chi connectivity index (χ2n) is 7.74. The second-order valence-corrected chi connectivity index (χ2v) is 7.74. The summed E-state index contributed by atoms with van der Waals surface area (Å²) in [4.78, 5) is 41.3. The van der Waals surface area contributed by atoms with Gasteiger partial charge in [0.05, 0.1) is 0 Å². The highest BCUT2D eigenvalue weighted by Gasteiger charge is 2.52. The van der Waals surface area contributed by atoms with E-state index in [0.717, 1.165) is 48.3 Å². The van der Waals surface area contributed by atoms with Crippen molar-refractivity contribution >= 4 is 23.5 Å². The molecule has 1 atom stereocenters. The van der Waals surface area contributed by atoms with Gasteiger partial charge in [-0.1, -0.05) is 37.5 Å². The van der Waals surface area contributed by atoms with Crippen LogP contribution >= 0.6 is 0 Å². The van der Waals surface area contributed by atoms with Gasteiger partial charge in [-0.2, -0.15) is 0 Å². The van der Waals surface area contributed by atoms with Crippen LogP contribution in [0.15, 0.2) is 24.3 Å². The average molecular weight is 355 g/mol. The van der Waals surface area contributed by atoms with Gasteiger partial charge in [0.15, 0.2) is 0 Å². The topological polar surface area (TPSA) is 69.7 Å². The van der Waals surface area contributed by atoms with Crippen LogP contribution in [0.1, 0.15) is 51.0 Å². The van der Waals surface area contributed by atoms with E-state index in [1.54, 1.807) is 4.90 Å². The first-order valence-corrected chi connectivity index (χ1v) is 9.56. The average Bonchev–Trinajstić information content (AvgIpc) is 2.86. The number of hydrogen-bond acceptors (Lipinski definition) is 3. The predicted molar refractivity (Wildman–Crippen MR) is 97.8 cm³/mol. The van der Waals surface area contributed by atoms with Crippen molar-refractivity contribution in [2.45, 2.75) is 63.5 Å². The Morgan fingerprint density at radius 1 is 1.19 bits per heavy atom. The summed E-state index contributed by atoms with van der Waals surface area (Å²) in [6, 6.07) is 7.50. The van der Waals surface area contributed by atoms with E-state index in [0.29, 0.717) is 12.8 Å². The second kappa shape index (κ2) is 6.41. The van der Waals surface area contributed by atoms with Crippen LogP contribution in [0.3, 0.4) is 0 Å². The van der Waals surface area contributed by atoms with E-state index in [1.807, 2.05) is 31.2 Å². The van der Waals surface area contributed by atoms with E-state index in [1.165, 1.54) is 0 Å². The first-order chi connectivity index (χ1) is 12.5. The highest BCUT2D eigenvalue weighted by Crippen LogP contribution is 2.34. The molecule has 1 N–H and O–H groups in total. The van der Waals surface area contributed by atoms with Crippen molar-refractivity contribution in [2.24, 2.45) is 0 Å². The SMILES string of the molecule is C[C@@H]1CCc2ccccc2N1C(=O)CN1C(=O)NC2(CCCCC2)C1=O. The molecule has 2 heterocycles. The molecule has 6 nitrogen and oxygen atoms in total. The number of carbonyl (C=O) groups excluding carboxylic acids is 3. The zero-order valence-corrected chi connectivity index (χ0v) is 15.2. The standard InChI is InChI=1S/C20H25N3O3/c1-14-9-10-15-7-3-4-8-16(15)23(14)17(24)13-22-18(25)20(21-19(22)26)11-5-2-6-12-20/h3-4,7-8,14H,2,5-6,9-13H2,1H3,(H,21,26)/t14-/m1/s1. The minimum Gasteiger partial charge on any atom is -0.323 e. The molecule has 26 heavy (non-hydrogen) atoms. The number of hydrogen-bond donors (Lipinski definition) is 1. The summed E-state index contributed by atoms with van der Waals surface area (Å²) in [5.41, 5.74) is 1.26. The fourth-order valence-electron chi connectivity index (χ4n) is 4.59. The number of amides is 4. The van der Waals surface area contributed by atoms with E-state index in [-0.39, 0.29) is 24.4 Å². The Labute approximate surface area is 153 Å². The van der Waals surface area contributed by atoms with E-state index in [9.17, 15) is 14.4 Å². The number of urea groups is 1. The van der Waals surface area contributed by atoms with E-state index < -0.39 is 11.6 Å². The molecule has 1 aromatic carbocycles. The fraction of sp³-hybridized carbons (Fsp3) is 0.550. The summed E-state index contributed by atoms with van der Waals surface area (Å²) < 4.78 is 0. The normalized spacial score (nSPS) is 24.6. The molecule has 1 saturated heterocycles. The van der Waals surface area contributed by atoms with Gasteiger partial charge in [0, 0.05) is 11.7 Å². The van der Waals surface area contributed by atoms with Crippen molar-refractivity contribution in [3.63, 3.8) is 0 Å². The quantitative estimate of drug-likeness (QED) is 0.829. The van der Waals surface area contributed by atoms with Crippen molar-refractivity contribution < 1.29 is 14.4 Å². The number of nitrogens with one attached hydrogen (secondary N) is 1. The first-order valence-electron chi connectivity index (χ1n) is 9.56. The molecule has 138 valence electrons. The van der Waals surface area contributed by atoms with Crippen LogP contribution in [0.25, 0.3) is 0 Å². The molecule has 0 unspecified atom stereocenters. The van der Waals surface area contributed by atoms with Gasteiger partial charge in [0.2, 0.25) is 5.91 Å². The maximum atomic E-state index is 13.0. The van der Waals surface area contributed by atoms with Gasteiger partial charge in [-0.25, -0.2) is 4.79 Å². The van der Waals surface area contributed by atoms with Gasteiger partial charge in [0.1, 0.15) is 12.1 Å². The lowest BCUT2D eigenvalue weighted by Crippen LogP contribution is -2.50. The summed E-state index contributed by atoms with van der Waals surface area (Å²) in [5.74, 6) is -0.422. The van der Waals surface area contributed by atoms with Gasteiger partial charge in [0.25, 0.3) is 5.91 Å². The van der Waals surface area contributed by atoms with Crippen LogP contribution in [-0.2, 0) is 16.0 Å². The predicted octanol–water partition coefficient (Wildman–Crippen LogP) is 2.61. The smallest absolute Gasteiger partial charge is 0.323 e. The number of imide groups is 1. The molecule has 1 aliphatic carbocycles. The van der Waals surface area contributed by atoms with Crippen LogP contribution in [0.5, 0.6) is 0 Å². The Balaban J connectivity index is 1.55. The number of nitrogens with zero attached hydrogens (tertiary/aromatic N) is 2. The highest BCUT2D eigenvalue weighted by atomic mass is 16.2. The molecule has 1 aromatic rings. The maximum absolute atomic E-state index is 13.0. The number of aryl methyl sites for hydroxylation is 1. The lowest BCUT2D eigenvalue weighted by atomic mass is 9.82. The van der Waals surface area contributed by atoms with Crippen LogP contribution in [0.4, 0.5) is 10.5 Å². The third-order valence-corrected chi connectivity index (χ3v) is 6.04. The minimum atomic E-state index is -0.777. The van der Waals surface area contributed by atoms with Crippen molar-refractivity contribution in [3.8, 4) is 0 Å². The molecule has 4 rings (SSSR count). The molecule has 1 spiro atoms. The molecule has 3 aliphatic rings. The molecule has 4 amide bonds. The van der Waals surface area contributed by atoms with E-state index in [2.05, 4.69) is 5.32 Å². The Morgan fingerprint density at radius 3 is 2.69 bits per heavy atom. The zero-order valence-electron chi connectivity index (χ0n) is 15.2. The third-order valence-electron chi connectivity index (χ3n) is 6.04. The lowest BCUT2D eigenvalue weighted by Gasteiger charge is -2.36. The third kappa shape index (κ3) is 2.68. The number of carbonyl (C=O) groups is 3. The zero-order chi connectivity index (χ0) is 18.3. The molecule has 2 aliphatic heterocycles. The van der Waals surface area contributed by atoms with Gasteiger partial charge in [-0.05, 0) is 44.2 Å². The van der Waals surface area contributed by atoms with Gasteiger partial charge >= 0.3 is 6.03 Å². The molecule has 6 heteroatoms. The van der Waals surface area contributed by atoms with E-state index in [4.69, 9.17) is 0 Å². The molecular weight excluding hydrogens is 330 g/mol. The molecular formula is C20H25N3O3. The number of anilines is 1. The number of rotatable bonds is 2. The highest BCUT2D eigenvalue weighted by molar-refractivity contribution is 6.10. The number of benzene rings is 1. The molecule has 1 saturated carbocycles. The Hall–Kier alpha value is -2.37. The molecule has 0 radical (unpaired) electrons. The van der Waals surface area contributed by atoms with Crippen LogP contribution in [0, 0.1) is 0 Å². The van der Waals surface area contributed by atoms with E-state index >= 15 is 0 Å². The van der Waals surface area contributed by atoms with Crippen molar-refractivity contribution in [3.05, 3.63) is 29.8 Å². The van der Waals surface area contributed by atoms with Crippen molar-refractivity contribution in [2.75, 3.05) is 11.4 Å². The Bertz CT molecular complexity index is 754. The maximum Gasteiger partial charge on any atom is 0.325 e. The van der Waals surface area contributed by atoms with Crippen LogP contribution in [-0.4, -0.2) is 40.9 Å². The number of para-hydroxylation sites is 1. The van der Waals surface area contributed by atoms with Crippen molar-refractivity contribution in [1.29, 1.82) is 0 Å². The lowest BCUT2D eigenvalue weighted by molar-refractivity contribution is -0.135. The van der Waals surface area contributed by atoms with Gasteiger partial charge < -0.3 is 10.2 Å². The first kappa shape index (κ1) is 17.1. The Kier molecular flexibility index (Phi) is 4.21. The summed E-state index contributed by atoms with van der Waals surface area (Å²) in [6.07, 6.45) is 6.12. The molecule has 0 aromatic heterocycles. The fourth-order valence-corrected chi connectivity index (χ4v) is 4.59. The van der Waals surface area contributed by atoms with Gasteiger partial charge in [-0.15, -0.1) is 0 Å². The largest absolute Gasteiger partial charge is 0.325 e. The van der Waals surface area contributed by atoms with Gasteiger partial charge in [-0.3, -0.25) is 14.5 Å². The number of fused-ring (bicyclic) bond motifs is 1. The summed E-state index contributed by atoms with van der Waals surface area (Å²) in [7, 11) is 0. The summed E-state index contributed by atoms with van der Waals surface area (Å²) in [6.45, 7) is 1.83. The van der Waals surface area contributed by atoms with Crippen LogP contribution in [0.2, 0.25) is 0 Å². The summed E-state index contributed by atoms with van der Waals surface area (Å²) in [5, 5.41) is 2.87. The monoisotopic (exact) mass is 355 g/mol. The van der Waals surface area contributed by atoms with Crippen molar-refractivity contribution in [1.82, 2.24) is 10.2 Å². The molecule has 2 fully saturated rings. The summed E-state index contributed by atoms with van der Waals surface area (Å²) >= 11 is 0. The minimum absolute atomic E-state index is 0.0572.